The van der Waals surface area contributed by atoms with E-state index in [1.165, 1.54) is 10.9 Å². The summed E-state index contributed by atoms with van der Waals surface area (Å²) in [7, 11) is 0. The maximum Gasteiger partial charge on any atom is 0.281 e. The molecule has 0 unspecified atom stereocenters. The first-order valence-electron chi connectivity index (χ1n) is 7.42. The van der Waals surface area contributed by atoms with E-state index in [0.717, 1.165) is 29.9 Å². The number of aromatic nitrogens is 3. The maximum atomic E-state index is 12.5. The SMILES string of the molecule is O=C(NC1CC1)c1snc2c(=O)n(Cc3ccccc3)cnc12. The Kier molecular flexibility index (Phi) is 3.42. The van der Waals surface area contributed by atoms with Gasteiger partial charge < -0.3 is 5.32 Å². The summed E-state index contributed by atoms with van der Waals surface area (Å²) in [6.45, 7) is 0.434. The van der Waals surface area contributed by atoms with E-state index >= 15 is 0 Å². The predicted molar refractivity (Wildman–Crippen MR) is 87.7 cm³/mol. The van der Waals surface area contributed by atoms with Crippen LogP contribution < -0.4 is 10.9 Å². The van der Waals surface area contributed by atoms with Gasteiger partial charge in [0.1, 0.15) is 10.4 Å². The molecule has 1 aliphatic carbocycles. The van der Waals surface area contributed by atoms with E-state index in [9.17, 15) is 9.59 Å². The summed E-state index contributed by atoms with van der Waals surface area (Å²) < 4.78 is 5.67. The van der Waals surface area contributed by atoms with Gasteiger partial charge in [-0.25, -0.2) is 4.98 Å². The van der Waals surface area contributed by atoms with Crippen LogP contribution in [0.3, 0.4) is 0 Å². The van der Waals surface area contributed by atoms with Crippen molar-refractivity contribution < 1.29 is 4.79 Å². The molecule has 6 nitrogen and oxygen atoms in total. The number of carbonyl (C=O) groups is 1. The molecule has 3 aromatic rings. The number of benzene rings is 1. The minimum Gasteiger partial charge on any atom is -0.348 e. The number of amides is 1. The summed E-state index contributed by atoms with van der Waals surface area (Å²) in [5.41, 5.74) is 1.44. The Balaban J connectivity index is 1.69. The van der Waals surface area contributed by atoms with Crippen molar-refractivity contribution in [1.82, 2.24) is 19.2 Å². The summed E-state index contributed by atoms with van der Waals surface area (Å²) in [5.74, 6) is -0.187. The van der Waals surface area contributed by atoms with Gasteiger partial charge in [0.25, 0.3) is 11.5 Å². The zero-order valence-electron chi connectivity index (χ0n) is 12.2. The van der Waals surface area contributed by atoms with Gasteiger partial charge in [-0.3, -0.25) is 14.2 Å². The van der Waals surface area contributed by atoms with Gasteiger partial charge in [-0.15, -0.1) is 0 Å². The number of nitrogens with one attached hydrogen (secondary N) is 1. The molecule has 4 rings (SSSR count). The second-order valence-electron chi connectivity index (χ2n) is 5.62. The van der Waals surface area contributed by atoms with Gasteiger partial charge in [-0.1, -0.05) is 30.3 Å². The molecule has 0 radical (unpaired) electrons. The fourth-order valence-electron chi connectivity index (χ4n) is 2.38. The lowest BCUT2D eigenvalue weighted by Gasteiger charge is -2.05. The highest BCUT2D eigenvalue weighted by Gasteiger charge is 2.26. The zero-order chi connectivity index (χ0) is 15.8. The molecule has 1 fully saturated rings. The van der Waals surface area contributed by atoms with Crippen LogP contribution in [0, 0.1) is 0 Å². The third-order valence-electron chi connectivity index (χ3n) is 3.77. The number of carbonyl (C=O) groups excluding carboxylic acids is 1. The normalized spacial score (nSPS) is 14.1. The molecular weight excluding hydrogens is 312 g/mol. The maximum absolute atomic E-state index is 12.5. The first-order chi connectivity index (χ1) is 11.2. The van der Waals surface area contributed by atoms with E-state index in [0.29, 0.717) is 16.9 Å². The highest BCUT2D eigenvalue weighted by molar-refractivity contribution is 7.09. The third-order valence-corrected chi connectivity index (χ3v) is 4.61. The topological polar surface area (TPSA) is 76.9 Å². The van der Waals surface area contributed by atoms with Crippen LogP contribution in [0.25, 0.3) is 11.0 Å². The first-order valence-corrected chi connectivity index (χ1v) is 8.19. The summed E-state index contributed by atoms with van der Waals surface area (Å²) in [5, 5.41) is 2.90. The lowest BCUT2D eigenvalue weighted by molar-refractivity contribution is 0.0956. The van der Waals surface area contributed by atoms with Crippen LogP contribution in [-0.2, 0) is 6.54 Å². The van der Waals surface area contributed by atoms with E-state index in [-0.39, 0.29) is 23.0 Å². The predicted octanol–water partition coefficient (Wildman–Crippen LogP) is 1.79. The molecule has 0 saturated heterocycles. The van der Waals surface area contributed by atoms with Crippen molar-refractivity contribution in [1.29, 1.82) is 0 Å². The average Bonchev–Trinajstić information content (AvgIpc) is 3.26. The summed E-state index contributed by atoms with van der Waals surface area (Å²) >= 11 is 1.03. The molecule has 0 aliphatic heterocycles. The van der Waals surface area contributed by atoms with Crippen molar-refractivity contribution in [2.45, 2.75) is 25.4 Å². The molecule has 2 heterocycles. The fourth-order valence-corrected chi connectivity index (χ4v) is 3.11. The molecule has 1 amide bonds. The van der Waals surface area contributed by atoms with E-state index in [2.05, 4.69) is 14.7 Å². The molecule has 1 aliphatic rings. The Labute approximate surface area is 136 Å². The molecule has 0 atom stereocenters. The molecular formula is C16H14N4O2S. The van der Waals surface area contributed by atoms with E-state index < -0.39 is 0 Å². The van der Waals surface area contributed by atoms with Crippen molar-refractivity contribution >= 4 is 28.5 Å². The van der Waals surface area contributed by atoms with Crippen molar-refractivity contribution in [2.24, 2.45) is 0 Å². The van der Waals surface area contributed by atoms with Gasteiger partial charge in [0.2, 0.25) is 0 Å². The number of fused-ring (bicyclic) bond motifs is 1. The van der Waals surface area contributed by atoms with Gasteiger partial charge in [0, 0.05) is 6.04 Å². The zero-order valence-corrected chi connectivity index (χ0v) is 13.0. The standard InChI is InChI=1S/C16H14N4O2S/c21-15(18-11-6-7-11)14-12-13(19-23-14)16(22)20(9-17-12)8-10-4-2-1-3-5-10/h1-5,9,11H,6-8H2,(H,18,21). The largest absolute Gasteiger partial charge is 0.348 e. The Morgan fingerprint density at radius 1 is 1.26 bits per heavy atom. The fraction of sp³-hybridized carbons (Fsp3) is 0.250. The second kappa shape index (κ2) is 5.58. The Hall–Kier alpha value is -2.54. The molecule has 116 valence electrons. The van der Waals surface area contributed by atoms with Crippen molar-refractivity contribution in [3.63, 3.8) is 0 Å². The average molecular weight is 326 g/mol. The quantitative estimate of drug-likeness (QED) is 0.793. The van der Waals surface area contributed by atoms with Gasteiger partial charge >= 0.3 is 0 Å². The molecule has 1 aromatic carbocycles. The van der Waals surface area contributed by atoms with Crippen LogP contribution in [-0.4, -0.2) is 25.9 Å². The molecule has 23 heavy (non-hydrogen) atoms. The third kappa shape index (κ3) is 2.75. The number of hydrogen-bond acceptors (Lipinski definition) is 5. The highest BCUT2D eigenvalue weighted by atomic mass is 32.1. The van der Waals surface area contributed by atoms with Crippen LogP contribution in [0.1, 0.15) is 28.1 Å². The number of hydrogen-bond donors (Lipinski definition) is 1. The Bertz CT molecular complexity index is 928. The van der Waals surface area contributed by atoms with Crippen LogP contribution in [0.4, 0.5) is 0 Å². The van der Waals surface area contributed by atoms with Crippen LogP contribution in [0.2, 0.25) is 0 Å². The second-order valence-corrected chi connectivity index (χ2v) is 6.39. The molecule has 0 bridgehead atoms. The van der Waals surface area contributed by atoms with Gasteiger partial charge in [-0.2, -0.15) is 4.37 Å². The monoisotopic (exact) mass is 326 g/mol. The van der Waals surface area contributed by atoms with Crippen molar-refractivity contribution in [3.05, 3.63) is 57.5 Å². The smallest absolute Gasteiger partial charge is 0.281 e. The van der Waals surface area contributed by atoms with Crippen molar-refractivity contribution in [2.75, 3.05) is 0 Å². The number of nitrogens with zero attached hydrogens (tertiary/aromatic N) is 3. The summed E-state index contributed by atoms with van der Waals surface area (Å²) in [6, 6.07) is 9.94. The van der Waals surface area contributed by atoms with Crippen LogP contribution in [0.5, 0.6) is 0 Å². The molecule has 0 spiro atoms. The van der Waals surface area contributed by atoms with E-state index in [1.807, 2.05) is 30.3 Å². The van der Waals surface area contributed by atoms with E-state index in [1.54, 1.807) is 0 Å². The molecule has 1 saturated carbocycles. The summed E-state index contributed by atoms with van der Waals surface area (Å²) in [6.07, 6.45) is 3.51. The van der Waals surface area contributed by atoms with E-state index in [4.69, 9.17) is 0 Å². The van der Waals surface area contributed by atoms with Gasteiger partial charge in [0.15, 0.2) is 5.52 Å². The first kappa shape index (κ1) is 14.1. The molecule has 2 aromatic heterocycles. The molecule has 7 heteroatoms. The van der Waals surface area contributed by atoms with Crippen LogP contribution in [0.15, 0.2) is 41.5 Å². The molecule has 1 N–H and O–H groups in total. The van der Waals surface area contributed by atoms with Crippen LogP contribution >= 0.6 is 11.5 Å². The van der Waals surface area contributed by atoms with Crippen molar-refractivity contribution in [3.8, 4) is 0 Å². The lowest BCUT2D eigenvalue weighted by atomic mass is 10.2. The van der Waals surface area contributed by atoms with Gasteiger partial charge in [-0.05, 0) is 29.9 Å². The Morgan fingerprint density at radius 2 is 2.04 bits per heavy atom. The lowest BCUT2D eigenvalue weighted by Crippen LogP contribution is -2.25. The minimum absolute atomic E-state index is 0.187. The minimum atomic E-state index is -0.222. The summed E-state index contributed by atoms with van der Waals surface area (Å²) in [4.78, 5) is 29.4. The highest BCUT2D eigenvalue weighted by Crippen LogP contribution is 2.22. The van der Waals surface area contributed by atoms with Gasteiger partial charge in [0.05, 0.1) is 12.9 Å². The Morgan fingerprint density at radius 3 is 2.78 bits per heavy atom. The number of rotatable bonds is 4.